The van der Waals surface area contributed by atoms with E-state index in [0.29, 0.717) is 25.9 Å². The maximum Gasteiger partial charge on any atom is 0.220 e. The molecule has 4 nitrogen and oxygen atoms in total. The van der Waals surface area contributed by atoms with E-state index in [4.69, 9.17) is 10.8 Å². The van der Waals surface area contributed by atoms with E-state index < -0.39 is 0 Å². The van der Waals surface area contributed by atoms with E-state index in [1.54, 1.807) is 0 Å². The van der Waals surface area contributed by atoms with Crippen LogP contribution in [0.4, 0.5) is 0 Å². The average molecular weight is 160 g/mol. The number of aliphatic hydroxyl groups excluding tert-OH is 1. The molecule has 0 aromatic rings. The number of nitrogens with one attached hydrogen (secondary N) is 1. The first-order valence-corrected chi connectivity index (χ1v) is 3.89. The van der Waals surface area contributed by atoms with E-state index in [9.17, 15) is 4.79 Å². The molecule has 0 fully saturated rings. The number of carbonyl (C=O) groups is 1. The number of amides is 1. The molecule has 66 valence electrons. The van der Waals surface area contributed by atoms with Crippen molar-refractivity contribution in [2.45, 2.75) is 19.3 Å². The van der Waals surface area contributed by atoms with Crippen LogP contribution in [0.1, 0.15) is 19.3 Å². The molecule has 0 aromatic carbocycles. The van der Waals surface area contributed by atoms with Crippen LogP contribution in [0.15, 0.2) is 0 Å². The Morgan fingerprint density at radius 1 is 1.45 bits per heavy atom. The van der Waals surface area contributed by atoms with Crippen LogP contribution in [-0.2, 0) is 4.79 Å². The molecule has 0 heterocycles. The summed E-state index contributed by atoms with van der Waals surface area (Å²) in [4.78, 5) is 10.8. The Labute approximate surface area is 66.8 Å². The Balaban J connectivity index is 3.09. The number of hydrogen-bond acceptors (Lipinski definition) is 3. The molecule has 0 unspecified atom stereocenters. The molecular weight excluding hydrogens is 144 g/mol. The van der Waals surface area contributed by atoms with Gasteiger partial charge in [-0.15, -0.1) is 0 Å². The van der Waals surface area contributed by atoms with E-state index in [1.807, 2.05) is 0 Å². The Kier molecular flexibility index (Phi) is 7.08. The molecule has 0 saturated heterocycles. The maximum absolute atomic E-state index is 10.8. The molecule has 0 rings (SSSR count). The van der Waals surface area contributed by atoms with Crippen molar-refractivity contribution in [2.24, 2.45) is 5.73 Å². The third-order valence-electron chi connectivity index (χ3n) is 1.27. The summed E-state index contributed by atoms with van der Waals surface area (Å²) >= 11 is 0. The third kappa shape index (κ3) is 7.29. The van der Waals surface area contributed by atoms with Gasteiger partial charge in [-0.1, -0.05) is 0 Å². The predicted octanol–water partition coefficient (Wildman–Crippen LogP) is -0.776. The van der Waals surface area contributed by atoms with Crippen molar-refractivity contribution in [3.8, 4) is 0 Å². The normalized spacial score (nSPS) is 9.64. The van der Waals surface area contributed by atoms with Gasteiger partial charge in [-0.05, 0) is 19.4 Å². The summed E-state index contributed by atoms with van der Waals surface area (Å²) in [5.74, 6) is -0.00694. The molecule has 0 saturated carbocycles. The topological polar surface area (TPSA) is 75.3 Å². The molecule has 0 radical (unpaired) electrons. The van der Waals surface area contributed by atoms with Crippen molar-refractivity contribution in [2.75, 3.05) is 19.7 Å². The first kappa shape index (κ1) is 10.4. The second-order valence-electron chi connectivity index (χ2n) is 2.32. The quantitative estimate of drug-likeness (QED) is 0.446. The monoisotopic (exact) mass is 160 g/mol. The van der Waals surface area contributed by atoms with Gasteiger partial charge in [-0.3, -0.25) is 4.79 Å². The SMILES string of the molecule is NCCCNC(=O)CCCO. The fourth-order valence-corrected chi connectivity index (χ4v) is 0.658. The number of nitrogens with two attached hydrogens (primary N) is 1. The summed E-state index contributed by atoms with van der Waals surface area (Å²) < 4.78 is 0. The van der Waals surface area contributed by atoms with E-state index in [-0.39, 0.29) is 12.5 Å². The lowest BCUT2D eigenvalue weighted by Crippen LogP contribution is -2.25. The van der Waals surface area contributed by atoms with Crippen LogP contribution in [-0.4, -0.2) is 30.7 Å². The molecule has 0 aliphatic rings. The Morgan fingerprint density at radius 3 is 2.73 bits per heavy atom. The van der Waals surface area contributed by atoms with E-state index in [0.717, 1.165) is 6.42 Å². The van der Waals surface area contributed by atoms with Crippen LogP contribution in [0, 0.1) is 0 Å². The Bertz CT molecular complexity index is 107. The molecule has 4 N–H and O–H groups in total. The Hall–Kier alpha value is -0.610. The van der Waals surface area contributed by atoms with Crippen LogP contribution in [0.5, 0.6) is 0 Å². The molecule has 0 spiro atoms. The minimum Gasteiger partial charge on any atom is -0.396 e. The number of carbonyl (C=O) groups excluding carboxylic acids is 1. The molecule has 0 aromatic heterocycles. The van der Waals surface area contributed by atoms with Crippen molar-refractivity contribution in [1.29, 1.82) is 0 Å². The molecule has 0 bridgehead atoms. The van der Waals surface area contributed by atoms with Crippen molar-refractivity contribution >= 4 is 5.91 Å². The largest absolute Gasteiger partial charge is 0.396 e. The lowest BCUT2D eigenvalue weighted by molar-refractivity contribution is -0.121. The standard InChI is InChI=1S/C7H16N2O2/c8-4-2-5-9-7(11)3-1-6-10/h10H,1-6,8H2,(H,9,11). The van der Waals surface area contributed by atoms with Gasteiger partial charge >= 0.3 is 0 Å². The number of hydrogen-bond donors (Lipinski definition) is 3. The van der Waals surface area contributed by atoms with Crippen molar-refractivity contribution < 1.29 is 9.90 Å². The minimum absolute atomic E-state index is 0.00694. The highest BCUT2D eigenvalue weighted by Gasteiger charge is 1.97. The molecule has 0 atom stereocenters. The van der Waals surface area contributed by atoms with Gasteiger partial charge in [0.05, 0.1) is 0 Å². The molecule has 0 aliphatic heterocycles. The van der Waals surface area contributed by atoms with Gasteiger partial charge in [-0.2, -0.15) is 0 Å². The number of aliphatic hydroxyl groups is 1. The average Bonchev–Trinajstić information content (AvgIpc) is 2.01. The highest BCUT2D eigenvalue weighted by molar-refractivity contribution is 5.75. The zero-order valence-electron chi connectivity index (χ0n) is 6.68. The predicted molar refractivity (Wildman–Crippen MR) is 43.0 cm³/mol. The summed E-state index contributed by atoms with van der Waals surface area (Å²) in [5.41, 5.74) is 5.22. The molecular formula is C7H16N2O2. The van der Waals surface area contributed by atoms with Gasteiger partial charge in [-0.25, -0.2) is 0 Å². The summed E-state index contributed by atoms with van der Waals surface area (Å²) in [5, 5.41) is 11.1. The highest BCUT2D eigenvalue weighted by atomic mass is 16.3. The first-order valence-electron chi connectivity index (χ1n) is 3.89. The van der Waals surface area contributed by atoms with Crippen molar-refractivity contribution in [1.82, 2.24) is 5.32 Å². The fourth-order valence-electron chi connectivity index (χ4n) is 0.658. The zero-order valence-corrected chi connectivity index (χ0v) is 6.68. The lowest BCUT2D eigenvalue weighted by Gasteiger charge is -2.01. The second kappa shape index (κ2) is 7.50. The second-order valence-corrected chi connectivity index (χ2v) is 2.32. The van der Waals surface area contributed by atoms with E-state index in [1.165, 1.54) is 0 Å². The lowest BCUT2D eigenvalue weighted by atomic mass is 10.3. The van der Waals surface area contributed by atoms with Crippen LogP contribution in [0.25, 0.3) is 0 Å². The van der Waals surface area contributed by atoms with Crippen LogP contribution >= 0.6 is 0 Å². The smallest absolute Gasteiger partial charge is 0.220 e. The molecule has 4 heteroatoms. The highest BCUT2D eigenvalue weighted by Crippen LogP contribution is 1.86. The minimum atomic E-state index is -0.00694. The fraction of sp³-hybridized carbons (Fsp3) is 0.857. The summed E-state index contributed by atoms with van der Waals surface area (Å²) in [6.45, 7) is 1.31. The summed E-state index contributed by atoms with van der Waals surface area (Å²) in [6, 6.07) is 0. The van der Waals surface area contributed by atoms with Crippen molar-refractivity contribution in [3.05, 3.63) is 0 Å². The van der Waals surface area contributed by atoms with Gasteiger partial charge < -0.3 is 16.2 Å². The maximum atomic E-state index is 10.8. The van der Waals surface area contributed by atoms with Gasteiger partial charge in [0, 0.05) is 19.6 Å². The number of rotatable bonds is 6. The summed E-state index contributed by atoms with van der Waals surface area (Å²) in [6.07, 6.45) is 1.75. The van der Waals surface area contributed by atoms with Crippen molar-refractivity contribution in [3.63, 3.8) is 0 Å². The van der Waals surface area contributed by atoms with Gasteiger partial charge in [0.25, 0.3) is 0 Å². The summed E-state index contributed by atoms with van der Waals surface area (Å²) in [7, 11) is 0. The van der Waals surface area contributed by atoms with Crippen LogP contribution in [0.3, 0.4) is 0 Å². The van der Waals surface area contributed by atoms with Gasteiger partial charge in [0.1, 0.15) is 0 Å². The molecule has 1 amide bonds. The van der Waals surface area contributed by atoms with Crippen LogP contribution < -0.4 is 11.1 Å². The van der Waals surface area contributed by atoms with Crippen LogP contribution in [0.2, 0.25) is 0 Å². The molecule has 0 aliphatic carbocycles. The van der Waals surface area contributed by atoms with Gasteiger partial charge in [0.15, 0.2) is 0 Å². The third-order valence-corrected chi connectivity index (χ3v) is 1.27. The zero-order chi connectivity index (χ0) is 8.53. The van der Waals surface area contributed by atoms with E-state index >= 15 is 0 Å². The van der Waals surface area contributed by atoms with Gasteiger partial charge in [0.2, 0.25) is 5.91 Å². The molecule has 11 heavy (non-hydrogen) atoms. The van der Waals surface area contributed by atoms with E-state index in [2.05, 4.69) is 5.32 Å². The Morgan fingerprint density at radius 2 is 2.18 bits per heavy atom. The first-order chi connectivity index (χ1) is 5.31.